The zero-order valence-electron chi connectivity index (χ0n) is 6.59. The molecule has 13 heavy (non-hydrogen) atoms. The summed E-state index contributed by atoms with van der Waals surface area (Å²) in [4.78, 5) is 10.8. The third-order valence-corrected chi connectivity index (χ3v) is 2.13. The van der Waals surface area contributed by atoms with Crippen molar-refractivity contribution in [3.05, 3.63) is 28.8 Å². The van der Waals surface area contributed by atoms with E-state index in [1.54, 1.807) is 12.1 Å². The summed E-state index contributed by atoms with van der Waals surface area (Å²) in [6, 6.07) is 4.82. The molecule has 0 saturated heterocycles. The third-order valence-electron chi connectivity index (χ3n) is 1.89. The molecule has 1 aliphatic rings. The van der Waals surface area contributed by atoms with Crippen molar-refractivity contribution in [3.8, 4) is 5.75 Å². The summed E-state index contributed by atoms with van der Waals surface area (Å²) in [5.74, 6) is -0.471. The van der Waals surface area contributed by atoms with Crippen molar-refractivity contribution in [1.82, 2.24) is 0 Å². The van der Waals surface area contributed by atoms with E-state index in [1.165, 1.54) is 6.07 Å². The van der Waals surface area contributed by atoms with Gasteiger partial charge in [0.05, 0.1) is 0 Å². The molecule has 0 fully saturated rings. The molecule has 1 heterocycles. The summed E-state index contributed by atoms with van der Waals surface area (Å²) in [6.07, 6.45) is -1.47. The number of halogens is 2. The maximum Gasteiger partial charge on any atom is 0.346 e. The average molecular weight is 201 g/mol. The molecular formula is C9H6ClFO2. The third kappa shape index (κ3) is 1.52. The summed E-state index contributed by atoms with van der Waals surface area (Å²) < 4.78 is 17.6. The Morgan fingerprint density at radius 3 is 3.08 bits per heavy atom. The standard InChI is InChI=1S/C9H6ClFO2/c10-6-2-1-5-3-7(11)9(12)13-8(5)4-6/h1-2,4,7H,3H2/t7-/m0/s1. The Kier molecular flexibility index (Phi) is 1.96. The number of alkyl halides is 1. The normalized spacial score (nSPS) is 20.8. The van der Waals surface area contributed by atoms with Crippen molar-refractivity contribution in [2.75, 3.05) is 0 Å². The van der Waals surface area contributed by atoms with Crippen LogP contribution in [0.5, 0.6) is 5.75 Å². The predicted octanol–water partition coefficient (Wildman–Crippen LogP) is 2.14. The van der Waals surface area contributed by atoms with Crippen LogP contribution in [0.4, 0.5) is 4.39 Å². The first-order chi connectivity index (χ1) is 6.16. The van der Waals surface area contributed by atoms with Crippen LogP contribution in [0.3, 0.4) is 0 Å². The lowest BCUT2D eigenvalue weighted by molar-refractivity contribution is -0.141. The second-order valence-electron chi connectivity index (χ2n) is 2.84. The summed E-state index contributed by atoms with van der Waals surface area (Å²) in [5, 5.41) is 0.476. The van der Waals surface area contributed by atoms with Gasteiger partial charge in [-0.05, 0) is 17.7 Å². The number of fused-ring (bicyclic) bond motifs is 1. The SMILES string of the molecule is O=C1Oc2cc(Cl)ccc2C[C@@H]1F. The lowest BCUT2D eigenvalue weighted by Gasteiger charge is -2.17. The van der Waals surface area contributed by atoms with Gasteiger partial charge in [-0.1, -0.05) is 17.7 Å². The highest BCUT2D eigenvalue weighted by Crippen LogP contribution is 2.29. The fourth-order valence-corrected chi connectivity index (χ4v) is 1.40. The van der Waals surface area contributed by atoms with Crippen LogP contribution in [0, 0.1) is 0 Å². The smallest absolute Gasteiger partial charge is 0.346 e. The molecule has 4 heteroatoms. The number of carbonyl (C=O) groups is 1. The van der Waals surface area contributed by atoms with Crippen LogP contribution in [-0.2, 0) is 11.2 Å². The molecule has 0 saturated carbocycles. The number of hydrogen-bond donors (Lipinski definition) is 0. The minimum Gasteiger partial charge on any atom is -0.424 e. The minimum absolute atomic E-state index is 0.0747. The van der Waals surface area contributed by atoms with Crippen LogP contribution in [0.25, 0.3) is 0 Å². The van der Waals surface area contributed by atoms with E-state index >= 15 is 0 Å². The Hall–Kier alpha value is -1.09. The highest BCUT2D eigenvalue weighted by Gasteiger charge is 2.27. The van der Waals surface area contributed by atoms with Crippen molar-refractivity contribution < 1.29 is 13.9 Å². The summed E-state index contributed by atoms with van der Waals surface area (Å²) >= 11 is 5.68. The molecule has 0 N–H and O–H groups in total. The topological polar surface area (TPSA) is 26.3 Å². The van der Waals surface area contributed by atoms with E-state index in [2.05, 4.69) is 0 Å². The average Bonchev–Trinajstić information content (AvgIpc) is 2.08. The van der Waals surface area contributed by atoms with Gasteiger partial charge in [-0.2, -0.15) is 0 Å². The zero-order chi connectivity index (χ0) is 9.42. The maximum atomic E-state index is 12.8. The first-order valence-corrected chi connectivity index (χ1v) is 4.19. The summed E-state index contributed by atoms with van der Waals surface area (Å²) in [5.41, 5.74) is 0.677. The molecule has 1 atom stereocenters. The number of ether oxygens (including phenoxy) is 1. The van der Waals surface area contributed by atoms with Crippen LogP contribution < -0.4 is 4.74 Å². The van der Waals surface area contributed by atoms with Crippen molar-refractivity contribution >= 4 is 17.6 Å². The van der Waals surface area contributed by atoms with Crippen LogP contribution in [0.15, 0.2) is 18.2 Å². The van der Waals surface area contributed by atoms with E-state index in [-0.39, 0.29) is 6.42 Å². The second-order valence-corrected chi connectivity index (χ2v) is 3.28. The first kappa shape index (κ1) is 8.51. The van der Waals surface area contributed by atoms with Crippen molar-refractivity contribution in [2.45, 2.75) is 12.6 Å². The summed E-state index contributed by atoms with van der Waals surface area (Å²) in [7, 11) is 0. The fourth-order valence-electron chi connectivity index (χ4n) is 1.24. The molecule has 0 amide bonds. The molecule has 2 rings (SSSR count). The molecule has 0 aliphatic carbocycles. The number of benzene rings is 1. The first-order valence-electron chi connectivity index (χ1n) is 3.81. The molecule has 0 unspecified atom stereocenters. The lowest BCUT2D eigenvalue weighted by atomic mass is 10.1. The number of hydrogen-bond acceptors (Lipinski definition) is 2. The Labute approximate surface area is 79.3 Å². The van der Waals surface area contributed by atoms with Crippen molar-refractivity contribution in [2.24, 2.45) is 0 Å². The van der Waals surface area contributed by atoms with E-state index in [0.717, 1.165) is 0 Å². The molecule has 0 spiro atoms. The quantitative estimate of drug-likeness (QED) is 0.474. The number of esters is 1. The highest BCUT2D eigenvalue weighted by atomic mass is 35.5. The Morgan fingerprint density at radius 2 is 2.31 bits per heavy atom. The molecular weight excluding hydrogens is 195 g/mol. The van der Waals surface area contributed by atoms with E-state index in [9.17, 15) is 9.18 Å². The monoisotopic (exact) mass is 200 g/mol. The minimum atomic E-state index is -1.55. The van der Waals surface area contributed by atoms with Gasteiger partial charge in [0.2, 0.25) is 6.17 Å². The molecule has 0 bridgehead atoms. The lowest BCUT2D eigenvalue weighted by Crippen LogP contribution is -2.28. The molecule has 2 nitrogen and oxygen atoms in total. The molecule has 1 aliphatic heterocycles. The van der Waals surface area contributed by atoms with Gasteiger partial charge in [0.15, 0.2) is 0 Å². The largest absolute Gasteiger partial charge is 0.424 e. The van der Waals surface area contributed by atoms with Crippen molar-refractivity contribution in [1.29, 1.82) is 0 Å². The Balaban J connectivity index is 2.42. The Bertz CT molecular complexity index is 365. The predicted molar refractivity (Wildman–Crippen MR) is 45.7 cm³/mol. The van der Waals surface area contributed by atoms with Gasteiger partial charge in [0.1, 0.15) is 5.75 Å². The van der Waals surface area contributed by atoms with Crippen LogP contribution in [0.1, 0.15) is 5.56 Å². The van der Waals surface area contributed by atoms with Crippen molar-refractivity contribution in [3.63, 3.8) is 0 Å². The van der Waals surface area contributed by atoms with E-state index < -0.39 is 12.1 Å². The zero-order valence-corrected chi connectivity index (χ0v) is 7.34. The molecule has 68 valence electrons. The molecule has 0 aromatic heterocycles. The molecule has 1 aromatic rings. The van der Waals surface area contributed by atoms with Crippen LogP contribution >= 0.6 is 11.6 Å². The fraction of sp³-hybridized carbons (Fsp3) is 0.222. The van der Waals surface area contributed by atoms with Crippen LogP contribution in [0.2, 0.25) is 5.02 Å². The highest BCUT2D eigenvalue weighted by molar-refractivity contribution is 6.30. The van der Waals surface area contributed by atoms with E-state index in [0.29, 0.717) is 16.3 Å². The molecule has 0 radical (unpaired) electrons. The van der Waals surface area contributed by atoms with Gasteiger partial charge in [-0.25, -0.2) is 9.18 Å². The maximum absolute atomic E-state index is 12.8. The van der Waals surface area contributed by atoms with Gasteiger partial charge in [0, 0.05) is 11.4 Å². The van der Waals surface area contributed by atoms with Gasteiger partial charge in [-0.15, -0.1) is 0 Å². The van der Waals surface area contributed by atoms with Crippen LogP contribution in [-0.4, -0.2) is 12.1 Å². The van der Waals surface area contributed by atoms with Gasteiger partial charge in [0.25, 0.3) is 0 Å². The summed E-state index contributed by atoms with van der Waals surface area (Å²) in [6.45, 7) is 0. The van der Waals surface area contributed by atoms with E-state index in [1.807, 2.05) is 0 Å². The van der Waals surface area contributed by atoms with Gasteiger partial charge < -0.3 is 4.74 Å². The van der Waals surface area contributed by atoms with E-state index in [4.69, 9.17) is 16.3 Å². The second kappa shape index (κ2) is 3.00. The van der Waals surface area contributed by atoms with Gasteiger partial charge >= 0.3 is 5.97 Å². The van der Waals surface area contributed by atoms with Gasteiger partial charge in [-0.3, -0.25) is 0 Å². The number of carbonyl (C=O) groups excluding carboxylic acids is 1. The molecule has 1 aromatic carbocycles. The number of rotatable bonds is 0. The Morgan fingerprint density at radius 1 is 1.54 bits per heavy atom.